The second-order valence-electron chi connectivity index (χ2n) is 6.35. The molecule has 1 heterocycles. The summed E-state index contributed by atoms with van der Waals surface area (Å²) in [7, 11) is 0. The molecule has 22 heavy (non-hydrogen) atoms. The zero-order valence-electron chi connectivity index (χ0n) is 13.5. The van der Waals surface area contributed by atoms with E-state index in [-0.39, 0.29) is 0 Å². The number of hydrogen-bond donors (Lipinski definition) is 2. The fraction of sp³-hybridized carbons (Fsp3) is 0.500. The highest BCUT2D eigenvalue weighted by Gasteiger charge is 2.25. The first kappa shape index (κ1) is 16.7. The minimum absolute atomic E-state index is 0.514. The SMILES string of the molecule is CC(C)CCN1CCCC1c1ccc(C=CC(=O)NO)cc1. The van der Waals surface area contributed by atoms with Crippen LogP contribution in [0.15, 0.2) is 30.3 Å². The van der Waals surface area contributed by atoms with Gasteiger partial charge in [-0.25, -0.2) is 5.48 Å². The van der Waals surface area contributed by atoms with Crippen molar-refractivity contribution in [2.24, 2.45) is 5.92 Å². The van der Waals surface area contributed by atoms with Gasteiger partial charge in [0.25, 0.3) is 5.91 Å². The molecule has 4 nitrogen and oxygen atoms in total. The fourth-order valence-electron chi connectivity index (χ4n) is 2.93. The molecule has 2 rings (SSSR count). The molecule has 0 aromatic heterocycles. The zero-order valence-corrected chi connectivity index (χ0v) is 13.5. The van der Waals surface area contributed by atoms with E-state index in [9.17, 15) is 4.79 Å². The van der Waals surface area contributed by atoms with Crippen molar-refractivity contribution in [1.82, 2.24) is 10.4 Å². The highest BCUT2D eigenvalue weighted by molar-refractivity contribution is 5.90. The van der Waals surface area contributed by atoms with Gasteiger partial charge in [-0.3, -0.25) is 14.9 Å². The van der Waals surface area contributed by atoms with Crippen molar-refractivity contribution in [2.45, 2.75) is 39.2 Å². The number of hydroxylamine groups is 1. The summed E-state index contributed by atoms with van der Waals surface area (Å²) >= 11 is 0. The number of hydrogen-bond acceptors (Lipinski definition) is 3. The number of amides is 1. The van der Waals surface area contributed by atoms with Crippen LogP contribution < -0.4 is 5.48 Å². The molecule has 0 radical (unpaired) electrons. The van der Waals surface area contributed by atoms with E-state index < -0.39 is 5.91 Å². The number of carbonyl (C=O) groups excluding carboxylic acids is 1. The zero-order chi connectivity index (χ0) is 15.9. The first-order valence-corrected chi connectivity index (χ1v) is 8.06. The van der Waals surface area contributed by atoms with Gasteiger partial charge in [-0.05, 0) is 55.5 Å². The van der Waals surface area contributed by atoms with Crippen LogP contribution in [0, 0.1) is 5.92 Å². The lowest BCUT2D eigenvalue weighted by Crippen LogP contribution is -2.25. The van der Waals surface area contributed by atoms with E-state index in [1.165, 1.54) is 44.0 Å². The van der Waals surface area contributed by atoms with Gasteiger partial charge in [0.05, 0.1) is 0 Å². The second kappa shape index (κ2) is 8.11. The fourth-order valence-corrected chi connectivity index (χ4v) is 2.93. The number of nitrogens with zero attached hydrogens (tertiary/aromatic N) is 1. The molecule has 0 bridgehead atoms. The van der Waals surface area contributed by atoms with E-state index in [4.69, 9.17) is 5.21 Å². The summed E-state index contributed by atoms with van der Waals surface area (Å²) in [5, 5.41) is 8.46. The van der Waals surface area contributed by atoms with Crippen LogP contribution in [0.25, 0.3) is 6.08 Å². The standard InChI is InChI=1S/C18H26N2O2/c1-14(2)11-13-20-12-3-4-17(20)16-8-5-15(6-9-16)7-10-18(21)19-22/h5-10,14,17,22H,3-4,11-13H2,1-2H3,(H,19,21). The summed E-state index contributed by atoms with van der Waals surface area (Å²) in [6.07, 6.45) is 6.74. The Hall–Kier alpha value is -1.65. The smallest absolute Gasteiger partial charge is 0.267 e. The topological polar surface area (TPSA) is 52.6 Å². The molecule has 1 aliphatic rings. The van der Waals surface area contributed by atoms with Gasteiger partial charge in [0.1, 0.15) is 0 Å². The van der Waals surface area contributed by atoms with Gasteiger partial charge < -0.3 is 0 Å². The number of rotatable bonds is 6. The molecular weight excluding hydrogens is 276 g/mol. The maximum atomic E-state index is 11.0. The van der Waals surface area contributed by atoms with E-state index in [0.29, 0.717) is 6.04 Å². The van der Waals surface area contributed by atoms with Crippen LogP contribution in [-0.2, 0) is 4.79 Å². The molecule has 1 aromatic carbocycles. The Bertz CT molecular complexity index is 508. The van der Waals surface area contributed by atoms with Crippen molar-refractivity contribution in [3.05, 3.63) is 41.5 Å². The van der Waals surface area contributed by atoms with Crippen molar-refractivity contribution < 1.29 is 10.0 Å². The molecule has 1 saturated heterocycles. The average molecular weight is 302 g/mol. The molecule has 0 aliphatic carbocycles. The van der Waals surface area contributed by atoms with Gasteiger partial charge in [-0.15, -0.1) is 0 Å². The minimum Gasteiger partial charge on any atom is -0.296 e. The normalized spacial score (nSPS) is 19.2. The van der Waals surface area contributed by atoms with Gasteiger partial charge in [0.15, 0.2) is 0 Å². The maximum absolute atomic E-state index is 11.0. The summed E-state index contributed by atoms with van der Waals surface area (Å²) in [6, 6.07) is 8.87. The quantitative estimate of drug-likeness (QED) is 0.481. The van der Waals surface area contributed by atoms with Crippen molar-refractivity contribution in [1.29, 1.82) is 0 Å². The molecule has 4 heteroatoms. The number of benzene rings is 1. The number of carbonyl (C=O) groups is 1. The van der Waals surface area contributed by atoms with Crippen molar-refractivity contribution >= 4 is 12.0 Å². The summed E-state index contributed by atoms with van der Waals surface area (Å²) in [5.41, 5.74) is 3.90. The highest BCUT2D eigenvalue weighted by Crippen LogP contribution is 2.32. The largest absolute Gasteiger partial charge is 0.296 e. The second-order valence-corrected chi connectivity index (χ2v) is 6.35. The van der Waals surface area contributed by atoms with Crippen molar-refractivity contribution in [2.75, 3.05) is 13.1 Å². The lowest BCUT2D eigenvalue weighted by Gasteiger charge is -2.25. The lowest BCUT2D eigenvalue weighted by molar-refractivity contribution is -0.124. The van der Waals surface area contributed by atoms with Gasteiger partial charge in [0.2, 0.25) is 0 Å². The van der Waals surface area contributed by atoms with E-state index in [2.05, 4.69) is 30.9 Å². The van der Waals surface area contributed by atoms with Crippen LogP contribution in [0.4, 0.5) is 0 Å². The maximum Gasteiger partial charge on any atom is 0.267 e. The van der Waals surface area contributed by atoms with Crippen LogP contribution >= 0.6 is 0 Å². The van der Waals surface area contributed by atoms with Crippen molar-refractivity contribution in [3.8, 4) is 0 Å². The monoisotopic (exact) mass is 302 g/mol. The Morgan fingerprint density at radius 3 is 2.77 bits per heavy atom. The Kier molecular flexibility index (Phi) is 6.16. The van der Waals surface area contributed by atoms with Crippen LogP contribution in [0.1, 0.15) is 50.3 Å². The third kappa shape index (κ3) is 4.68. The van der Waals surface area contributed by atoms with Gasteiger partial charge in [-0.2, -0.15) is 0 Å². The Balaban J connectivity index is 1.99. The Labute approximate surface area is 132 Å². The predicted octanol–water partition coefficient (Wildman–Crippen LogP) is 3.39. The highest BCUT2D eigenvalue weighted by atomic mass is 16.5. The summed E-state index contributed by atoms with van der Waals surface area (Å²) in [6.45, 7) is 6.90. The molecule has 1 aliphatic heterocycles. The van der Waals surface area contributed by atoms with E-state index in [0.717, 1.165) is 11.5 Å². The Morgan fingerprint density at radius 1 is 1.41 bits per heavy atom. The molecule has 1 amide bonds. The van der Waals surface area contributed by atoms with Crippen molar-refractivity contribution in [3.63, 3.8) is 0 Å². The van der Waals surface area contributed by atoms with Crippen LogP contribution in [0.3, 0.4) is 0 Å². The molecule has 2 N–H and O–H groups in total. The number of likely N-dealkylation sites (tertiary alicyclic amines) is 1. The third-order valence-electron chi connectivity index (χ3n) is 4.22. The van der Waals surface area contributed by atoms with Crippen LogP contribution in [-0.4, -0.2) is 29.1 Å². The average Bonchev–Trinajstić information content (AvgIpc) is 2.99. The Morgan fingerprint density at radius 2 is 2.14 bits per heavy atom. The molecular formula is C18H26N2O2. The summed E-state index contributed by atoms with van der Waals surface area (Å²) < 4.78 is 0. The molecule has 120 valence electrons. The molecule has 0 saturated carbocycles. The minimum atomic E-state index is -0.514. The van der Waals surface area contributed by atoms with Crippen LogP contribution in [0.2, 0.25) is 0 Å². The van der Waals surface area contributed by atoms with Gasteiger partial charge in [0, 0.05) is 12.1 Å². The predicted molar refractivity (Wildman–Crippen MR) is 88.4 cm³/mol. The van der Waals surface area contributed by atoms with Gasteiger partial charge >= 0.3 is 0 Å². The van der Waals surface area contributed by atoms with E-state index >= 15 is 0 Å². The molecule has 1 unspecified atom stereocenters. The molecule has 0 spiro atoms. The molecule has 1 atom stereocenters. The third-order valence-corrected chi connectivity index (χ3v) is 4.22. The number of nitrogens with one attached hydrogen (secondary N) is 1. The molecule has 1 fully saturated rings. The molecule has 1 aromatic rings. The lowest BCUT2D eigenvalue weighted by atomic mass is 10.0. The van der Waals surface area contributed by atoms with Crippen LogP contribution in [0.5, 0.6) is 0 Å². The van der Waals surface area contributed by atoms with E-state index in [1.54, 1.807) is 11.6 Å². The first-order chi connectivity index (χ1) is 10.6. The first-order valence-electron chi connectivity index (χ1n) is 8.06. The van der Waals surface area contributed by atoms with E-state index in [1.807, 2.05) is 12.1 Å². The summed E-state index contributed by atoms with van der Waals surface area (Å²) in [4.78, 5) is 13.6. The van der Waals surface area contributed by atoms with Gasteiger partial charge in [-0.1, -0.05) is 38.1 Å². The summed E-state index contributed by atoms with van der Waals surface area (Å²) in [5.74, 6) is 0.228.